The molecule has 2 atom stereocenters. The van der Waals surface area contributed by atoms with Crippen molar-refractivity contribution in [3.8, 4) is 0 Å². The van der Waals surface area contributed by atoms with Crippen LogP contribution in [0.5, 0.6) is 0 Å². The summed E-state index contributed by atoms with van der Waals surface area (Å²) in [5.74, 6) is -0.659. The maximum atomic E-state index is 12.0. The van der Waals surface area contributed by atoms with Gasteiger partial charge in [0.15, 0.2) is 6.04 Å². The predicted octanol–water partition coefficient (Wildman–Crippen LogP) is 2.56. The first kappa shape index (κ1) is 15.5. The van der Waals surface area contributed by atoms with E-state index in [1.807, 2.05) is 0 Å². The molecule has 0 bridgehead atoms. The number of carboxylic acid groups (broad SMARTS) is 1. The van der Waals surface area contributed by atoms with E-state index in [0.717, 1.165) is 6.42 Å². The van der Waals surface area contributed by atoms with E-state index in [1.54, 1.807) is 24.6 Å². The number of nitrogens with one attached hydrogen (secondary N) is 1. The topological polar surface area (TPSA) is 69.6 Å². The van der Waals surface area contributed by atoms with E-state index in [1.165, 1.54) is 16.2 Å². The quantitative estimate of drug-likeness (QED) is 0.843. The number of carbonyl (C=O) groups is 2. The Morgan fingerprint density at radius 2 is 2.21 bits per heavy atom. The fourth-order valence-electron chi connectivity index (χ4n) is 1.62. The summed E-state index contributed by atoms with van der Waals surface area (Å²) < 4.78 is 0. The van der Waals surface area contributed by atoms with Crippen molar-refractivity contribution in [2.75, 3.05) is 13.6 Å². The standard InChI is InChI=1S/C13H20N2O3S/c1-4-9(2)8-15(3)13(18)14-11(12(16)17)10-6-5-7-19-10/h5-7,9,11H,4,8H2,1-3H3,(H,14,18)(H,16,17). The maximum Gasteiger partial charge on any atom is 0.331 e. The van der Waals surface area contributed by atoms with Gasteiger partial charge in [0, 0.05) is 18.5 Å². The number of aliphatic carboxylic acids is 1. The predicted molar refractivity (Wildman–Crippen MR) is 75.3 cm³/mol. The molecule has 0 radical (unpaired) electrons. The highest BCUT2D eigenvalue weighted by molar-refractivity contribution is 7.10. The van der Waals surface area contributed by atoms with Crippen LogP contribution in [-0.2, 0) is 4.79 Å². The van der Waals surface area contributed by atoms with Gasteiger partial charge in [0.1, 0.15) is 0 Å². The van der Waals surface area contributed by atoms with E-state index < -0.39 is 12.0 Å². The van der Waals surface area contributed by atoms with Crippen molar-refractivity contribution in [1.29, 1.82) is 0 Å². The highest BCUT2D eigenvalue weighted by Crippen LogP contribution is 2.19. The zero-order valence-corrected chi connectivity index (χ0v) is 12.2. The SMILES string of the molecule is CCC(C)CN(C)C(=O)NC(C(=O)O)c1cccs1. The van der Waals surface area contributed by atoms with E-state index in [9.17, 15) is 14.7 Å². The van der Waals surface area contributed by atoms with Crippen LogP contribution in [0.25, 0.3) is 0 Å². The van der Waals surface area contributed by atoms with Crippen molar-refractivity contribution < 1.29 is 14.7 Å². The van der Waals surface area contributed by atoms with E-state index in [-0.39, 0.29) is 6.03 Å². The Labute approximate surface area is 117 Å². The molecule has 19 heavy (non-hydrogen) atoms. The van der Waals surface area contributed by atoms with E-state index >= 15 is 0 Å². The Morgan fingerprint density at radius 3 is 2.68 bits per heavy atom. The molecule has 1 aromatic heterocycles. The lowest BCUT2D eigenvalue weighted by atomic mass is 10.1. The van der Waals surface area contributed by atoms with Crippen LogP contribution in [-0.4, -0.2) is 35.6 Å². The molecule has 2 amide bonds. The molecule has 106 valence electrons. The molecule has 0 saturated carbocycles. The van der Waals surface area contributed by atoms with Gasteiger partial charge in [-0.05, 0) is 17.4 Å². The average Bonchev–Trinajstić information content (AvgIpc) is 2.88. The number of amides is 2. The van der Waals surface area contributed by atoms with Crippen LogP contribution >= 0.6 is 11.3 Å². The van der Waals surface area contributed by atoms with E-state index in [0.29, 0.717) is 17.3 Å². The van der Waals surface area contributed by atoms with Crippen molar-refractivity contribution in [3.63, 3.8) is 0 Å². The number of hydrogen-bond acceptors (Lipinski definition) is 3. The van der Waals surface area contributed by atoms with Gasteiger partial charge in [-0.15, -0.1) is 11.3 Å². The minimum Gasteiger partial charge on any atom is -0.479 e. The Kier molecular flexibility index (Phi) is 5.82. The molecule has 1 rings (SSSR count). The fraction of sp³-hybridized carbons (Fsp3) is 0.538. The van der Waals surface area contributed by atoms with Crippen molar-refractivity contribution in [2.24, 2.45) is 5.92 Å². The first-order valence-corrected chi connectivity index (χ1v) is 7.11. The van der Waals surface area contributed by atoms with Gasteiger partial charge >= 0.3 is 12.0 Å². The third-order valence-electron chi connectivity index (χ3n) is 2.97. The molecule has 0 fully saturated rings. The van der Waals surface area contributed by atoms with Crippen molar-refractivity contribution >= 4 is 23.3 Å². The number of nitrogens with zero attached hydrogens (tertiary/aromatic N) is 1. The number of urea groups is 1. The van der Waals surface area contributed by atoms with Crippen LogP contribution in [0.2, 0.25) is 0 Å². The van der Waals surface area contributed by atoms with Gasteiger partial charge in [-0.1, -0.05) is 26.3 Å². The second-order valence-corrected chi connectivity index (χ2v) is 5.61. The highest BCUT2D eigenvalue weighted by atomic mass is 32.1. The summed E-state index contributed by atoms with van der Waals surface area (Å²) in [4.78, 5) is 25.3. The zero-order chi connectivity index (χ0) is 14.4. The Morgan fingerprint density at radius 1 is 1.53 bits per heavy atom. The Balaban J connectivity index is 2.65. The summed E-state index contributed by atoms with van der Waals surface area (Å²) in [6.07, 6.45) is 0.977. The number of carboxylic acids is 1. The molecular weight excluding hydrogens is 264 g/mol. The molecule has 6 heteroatoms. The lowest BCUT2D eigenvalue weighted by Crippen LogP contribution is -2.43. The third-order valence-corrected chi connectivity index (χ3v) is 3.91. The van der Waals surface area contributed by atoms with Crippen LogP contribution in [0.4, 0.5) is 4.79 Å². The fourth-order valence-corrected chi connectivity index (χ4v) is 2.39. The van der Waals surface area contributed by atoms with Gasteiger partial charge in [0.2, 0.25) is 0 Å². The average molecular weight is 284 g/mol. The zero-order valence-electron chi connectivity index (χ0n) is 11.4. The molecule has 0 aliphatic carbocycles. The smallest absolute Gasteiger partial charge is 0.331 e. The van der Waals surface area contributed by atoms with Crippen molar-refractivity contribution in [3.05, 3.63) is 22.4 Å². The molecule has 0 aliphatic heterocycles. The highest BCUT2D eigenvalue weighted by Gasteiger charge is 2.24. The number of thiophene rings is 1. The van der Waals surface area contributed by atoms with Crippen LogP contribution in [0.3, 0.4) is 0 Å². The van der Waals surface area contributed by atoms with Gasteiger partial charge in [-0.2, -0.15) is 0 Å². The summed E-state index contributed by atoms with van der Waals surface area (Å²) in [6.45, 7) is 4.72. The molecule has 0 aliphatic rings. The molecule has 0 saturated heterocycles. The van der Waals surface area contributed by atoms with E-state index in [4.69, 9.17) is 0 Å². The number of carbonyl (C=O) groups excluding carboxylic acids is 1. The van der Waals surface area contributed by atoms with Gasteiger partial charge in [-0.25, -0.2) is 9.59 Å². The molecule has 0 aromatic carbocycles. The molecule has 2 N–H and O–H groups in total. The molecule has 5 nitrogen and oxygen atoms in total. The largest absolute Gasteiger partial charge is 0.479 e. The summed E-state index contributed by atoms with van der Waals surface area (Å²) in [6, 6.07) is 2.14. The summed E-state index contributed by atoms with van der Waals surface area (Å²) >= 11 is 1.32. The van der Waals surface area contributed by atoms with Crippen LogP contribution in [0.15, 0.2) is 17.5 Å². The lowest BCUT2D eigenvalue weighted by molar-refractivity contribution is -0.139. The van der Waals surface area contributed by atoms with Gasteiger partial charge in [-0.3, -0.25) is 0 Å². The molecule has 0 spiro atoms. The van der Waals surface area contributed by atoms with E-state index in [2.05, 4.69) is 19.2 Å². The molecule has 1 heterocycles. The van der Waals surface area contributed by atoms with Gasteiger partial charge < -0.3 is 15.3 Å². The van der Waals surface area contributed by atoms with Crippen LogP contribution in [0, 0.1) is 5.92 Å². The Bertz CT molecular complexity index is 420. The normalized spacial score (nSPS) is 13.6. The molecular formula is C13H20N2O3S. The first-order valence-electron chi connectivity index (χ1n) is 6.23. The number of hydrogen-bond donors (Lipinski definition) is 2. The second-order valence-electron chi connectivity index (χ2n) is 4.63. The number of rotatable bonds is 6. The second kappa shape index (κ2) is 7.13. The minimum atomic E-state index is -1.05. The van der Waals surface area contributed by atoms with Crippen LogP contribution in [0.1, 0.15) is 31.2 Å². The monoisotopic (exact) mass is 284 g/mol. The summed E-state index contributed by atoms with van der Waals surface area (Å²) in [5.41, 5.74) is 0. The Hall–Kier alpha value is -1.56. The maximum absolute atomic E-state index is 12.0. The first-order chi connectivity index (χ1) is 8.95. The third kappa shape index (κ3) is 4.55. The lowest BCUT2D eigenvalue weighted by Gasteiger charge is -2.23. The van der Waals surface area contributed by atoms with Crippen LogP contribution < -0.4 is 5.32 Å². The van der Waals surface area contributed by atoms with Crippen molar-refractivity contribution in [1.82, 2.24) is 10.2 Å². The van der Waals surface area contributed by atoms with Crippen molar-refractivity contribution in [2.45, 2.75) is 26.3 Å². The molecule has 2 unspecified atom stereocenters. The summed E-state index contributed by atoms with van der Waals surface area (Å²) in [5, 5.41) is 13.5. The molecule has 1 aromatic rings. The minimum absolute atomic E-state index is 0.360. The van der Waals surface area contributed by atoms with Gasteiger partial charge in [0.05, 0.1) is 0 Å². The summed E-state index contributed by atoms with van der Waals surface area (Å²) in [7, 11) is 1.68. The van der Waals surface area contributed by atoms with Gasteiger partial charge in [0.25, 0.3) is 0 Å².